The number of ether oxygens (including phenoxy) is 2. The molecule has 3 aliphatic rings. The summed E-state index contributed by atoms with van der Waals surface area (Å²) in [6.07, 6.45) is 11.1. The number of allylic oxidation sites excluding steroid dienone is 3. The molecule has 1 aliphatic carbocycles. The van der Waals surface area contributed by atoms with Crippen molar-refractivity contribution in [3.8, 4) is 0 Å². The number of aliphatic hydroxyl groups excluding tert-OH is 1. The van der Waals surface area contributed by atoms with E-state index < -0.39 is 30.1 Å². The number of carbonyl (C=O) groups excluding carboxylic acids is 2. The van der Waals surface area contributed by atoms with Gasteiger partial charge in [0.15, 0.2) is 12.4 Å². The van der Waals surface area contributed by atoms with E-state index in [4.69, 9.17) is 21.1 Å². The Bertz CT molecular complexity index is 761. The van der Waals surface area contributed by atoms with Crippen LogP contribution in [0.5, 0.6) is 0 Å². The third kappa shape index (κ3) is 5.41. The van der Waals surface area contributed by atoms with Crippen molar-refractivity contribution in [1.29, 1.82) is 0 Å². The van der Waals surface area contributed by atoms with Crippen LogP contribution in [0.1, 0.15) is 59.3 Å². The minimum atomic E-state index is -1.19. The number of hydrogen-bond donors (Lipinski definition) is 2. The molecule has 6 nitrogen and oxygen atoms in total. The Morgan fingerprint density at radius 3 is 2.90 bits per heavy atom. The molecule has 0 radical (unpaired) electrons. The largest absolute Gasteiger partial charge is 0.366 e. The average molecular weight is 438 g/mol. The number of ketones is 1. The van der Waals surface area contributed by atoms with Gasteiger partial charge in [-0.15, -0.1) is 0 Å². The smallest absolute Gasteiger partial charge is 0.244 e. The molecule has 1 spiro atoms. The number of Topliss-reactive ketones (excluding diaryl/α,β-unsaturated/α-hetero) is 1. The molecule has 6 unspecified atom stereocenters. The summed E-state index contributed by atoms with van der Waals surface area (Å²) >= 11 is 6.00. The highest BCUT2D eigenvalue weighted by molar-refractivity contribution is 6.43. The Labute approximate surface area is 183 Å². The van der Waals surface area contributed by atoms with E-state index in [1.165, 1.54) is 37.8 Å². The van der Waals surface area contributed by atoms with Crippen molar-refractivity contribution in [1.82, 2.24) is 5.32 Å². The van der Waals surface area contributed by atoms with Crippen LogP contribution in [0.25, 0.3) is 0 Å². The summed E-state index contributed by atoms with van der Waals surface area (Å²) in [7, 11) is 0. The van der Waals surface area contributed by atoms with Crippen LogP contribution in [0.15, 0.2) is 34.9 Å². The van der Waals surface area contributed by atoms with E-state index in [0.29, 0.717) is 12.3 Å². The van der Waals surface area contributed by atoms with E-state index in [-0.39, 0.29) is 16.7 Å². The predicted molar refractivity (Wildman–Crippen MR) is 115 cm³/mol. The second-order valence-electron chi connectivity index (χ2n) is 8.69. The normalized spacial score (nSPS) is 34.2. The van der Waals surface area contributed by atoms with Crippen molar-refractivity contribution >= 4 is 23.3 Å². The SMILES string of the molecule is CCCCCCC(C)C=C(C)C=CC(=O)NC1CC2(C=C(Cl)C(=O)C3OC32)OC1O. The Morgan fingerprint density at radius 2 is 2.17 bits per heavy atom. The maximum absolute atomic E-state index is 12.3. The summed E-state index contributed by atoms with van der Waals surface area (Å²) in [6, 6.07) is -0.609. The van der Waals surface area contributed by atoms with Gasteiger partial charge in [0, 0.05) is 12.5 Å². The van der Waals surface area contributed by atoms with Crippen LogP contribution >= 0.6 is 11.6 Å². The lowest BCUT2D eigenvalue weighted by Crippen LogP contribution is -2.41. The number of nitrogens with one attached hydrogen (secondary N) is 1. The van der Waals surface area contributed by atoms with E-state index in [9.17, 15) is 14.7 Å². The quantitative estimate of drug-likeness (QED) is 0.249. The lowest BCUT2D eigenvalue weighted by Gasteiger charge is -2.25. The molecule has 6 atom stereocenters. The average Bonchev–Trinajstić information content (AvgIpc) is 3.44. The molecule has 2 N–H and O–H groups in total. The van der Waals surface area contributed by atoms with E-state index in [1.54, 1.807) is 6.08 Å². The number of aliphatic hydroxyl groups is 1. The van der Waals surface area contributed by atoms with Crippen LogP contribution in [-0.4, -0.2) is 46.9 Å². The summed E-state index contributed by atoms with van der Waals surface area (Å²) in [5, 5.41) is 13.1. The summed E-state index contributed by atoms with van der Waals surface area (Å²) in [6.45, 7) is 6.37. The number of epoxide rings is 1. The molecule has 2 fully saturated rings. The van der Waals surface area contributed by atoms with Crippen LogP contribution in [0.3, 0.4) is 0 Å². The van der Waals surface area contributed by atoms with Crippen molar-refractivity contribution in [3.05, 3.63) is 34.9 Å². The Balaban J connectivity index is 1.50. The number of halogens is 1. The van der Waals surface area contributed by atoms with Crippen LogP contribution in [0.2, 0.25) is 0 Å². The number of unbranched alkanes of at least 4 members (excludes halogenated alkanes) is 3. The topological polar surface area (TPSA) is 88.2 Å². The molecule has 166 valence electrons. The van der Waals surface area contributed by atoms with Crippen molar-refractivity contribution < 1.29 is 24.2 Å². The Morgan fingerprint density at radius 1 is 1.40 bits per heavy atom. The van der Waals surface area contributed by atoms with Gasteiger partial charge < -0.3 is 19.9 Å². The highest BCUT2D eigenvalue weighted by Crippen LogP contribution is 2.49. The zero-order valence-electron chi connectivity index (χ0n) is 17.9. The molecule has 0 saturated carbocycles. The first kappa shape index (κ1) is 23.2. The highest BCUT2D eigenvalue weighted by Gasteiger charge is 2.65. The van der Waals surface area contributed by atoms with Gasteiger partial charge in [-0.1, -0.05) is 68.9 Å². The maximum atomic E-state index is 12.3. The molecular formula is C23H32ClNO5. The van der Waals surface area contributed by atoms with Gasteiger partial charge in [-0.3, -0.25) is 9.59 Å². The lowest BCUT2D eigenvalue weighted by atomic mass is 9.86. The first-order valence-corrected chi connectivity index (χ1v) is 11.2. The molecule has 1 amide bonds. The third-order valence-corrected chi connectivity index (χ3v) is 6.24. The van der Waals surface area contributed by atoms with Crippen LogP contribution in [0.4, 0.5) is 0 Å². The maximum Gasteiger partial charge on any atom is 0.244 e. The standard InChI is InChI=1S/C23H32ClNO5/c1-4-5-6-7-8-14(2)11-15(3)9-10-18(26)25-17-13-23(30-22(17)28)12-16(24)19(27)20-21(23)29-20/h9-12,14,17,20-22,28H,4-8,13H2,1-3H3,(H,25,26). The molecule has 7 heteroatoms. The van der Waals surface area contributed by atoms with Gasteiger partial charge in [0.2, 0.25) is 11.7 Å². The predicted octanol–water partition coefficient (Wildman–Crippen LogP) is 3.53. The second kappa shape index (κ2) is 9.77. The molecular weight excluding hydrogens is 406 g/mol. The molecule has 2 saturated heterocycles. The fraction of sp³-hybridized carbons (Fsp3) is 0.652. The van der Waals surface area contributed by atoms with Crippen molar-refractivity contribution in [3.63, 3.8) is 0 Å². The Kier molecular flexibility index (Phi) is 7.56. The molecule has 2 heterocycles. The highest BCUT2D eigenvalue weighted by atomic mass is 35.5. The lowest BCUT2D eigenvalue weighted by molar-refractivity contribution is -0.137. The zero-order valence-corrected chi connectivity index (χ0v) is 18.7. The number of rotatable bonds is 9. The minimum absolute atomic E-state index is 0.0531. The minimum Gasteiger partial charge on any atom is -0.366 e. The zero-order chi connectivity index (χ0) is 21.9. The first-order valence-electron chi connectivity index (χ1n) is 10.9. The molecule has 0 aromatic carbocycles. The van der Waals surface area contributed by atoms with Crippen molar-refractivity contribution in [2.75, 3.05) is 0 Å². The Hall–Kier alpha value is -1.47. The van der Waals surface area contributed by atoms with Gasteiger partial charge in [-0.25, -0.2) is 0 Å². The van der Waals surface area contributed by atoms with Crippen LogP contribution < -0.4 is 5.32 Å². The molecule has 0 aromatic rings. The molecule has 3 rings (SSSR count). The van der Waals surface area contributed by atoms with Gasteiger partial charge in [0.05, 0.1) is 11.1 Å². The number of amides is 1. The van der Waals surface area contributed by atoms with E-state index in [2.05, 4.69) is 25.2 Å². The van der Waals surface area contributed by atoms with Crippen LogP contribution in [0, 0.1) is 5.92 Å². The number of carbonyl (C=O) groups is 2. The van der Waals surface area contributed by atoms with Gasteiger partial charge >= 0.3 is 0 Å². The first-order chi connectivity index (χ1) is 14.3. The summed E-state index contributed by atoms with van der Waals surface area (Å²) in [5.74, 6) is -0.0996. The summed E-state index contributed by atoms with van der Waals surface area (Å²) < 4.78 is 11.1. The van der Waals surface area contributed by atoms with E-state index >= 15 is 0 Å². The van der Waals surface area contributed by atoms with Gasteiger partial charge in [-0.05, 0) is 25.3 Å². The number of fused-ring (bicyclic) bond motifs is 2. The van der Waals surface area contributed by atoms with Gasteiger partial charge in [-0.2, -0.15) is 0 Å². The monoisotopic (exact) mass is 437 g/mol. The molecule has 30 heavy (non-hydrogen) atoms. The summed E-state index contributed by atoms with van der Waals surface area (Å²) in [4.78, 5) is 24.2. The third-order valence-electron chi connectivity index (χ3n) is 5.95. The van der Waals surface area contributed by atoms with Crippen molar-refractivity contribution in [2.24, 2.45) is 5.92 Å². The molecule has 0 aromatic heterocycles. The second-order valence-corrected chi connectivity index (χ2v) is 9.09. The van der Waals surface area contributed by atoms with Gasteiger partial charge in [0.1, 0.15) is 11.7 Å². The van der Waals surface area contributed by atoms with Crippen molar-refractivity contribution in [2.45, 2.75) is 89.4 Å². The fourth-order valence-electron chi connectivity index (χ4n) is 4.30. The molecule has 0 bridgehead atoms. The molecule has 2 aliphatic heterocycles. The van der Waals surface area contributed by atoms with E-state index in [0.717, 1.165) is 12.0 Å². The summed E-state index contributed by atoms with van der Waals surface area (Å²) in [5.41, 5.74) is 0.0577. The van der Waals surface area contributed by atoms with E-state index in [1.807, 2.05) is 6.92 Å². The number of hydrogen-bond acceptors (Lipinski definition) is 5. The fourth-order valence-corrected chi connectivity index (χ4v) is 4.60. The van der Waals surface area contributed by atoms with Gasteiger partial charge in [0.25, 0.3) is 0 Å². The van der Waals surface area contributed by atoms with Crippen LogP contribution in [-0.2, 0) is 19.1 Å².